The molecule has 0 saturated heterocycles. The van der Waals surface area contributed by atoms with Crippen LogP contribution >= 0.6 is 11.6 Å². The minimum Gasteiger partial charge on any atom is -0.464 e. The fourth-order valence-corrected chi connectivity index (χ4v) is 3.50. The first-order valence-electron chi connectivity index (χ1n) is 11.2. The Morgan fingerprint density at radius 2 is 1.81 bits per heavy atom. The minimum atomic E-state index is -0.726. The van der Waals surface area contributed by atoms with E-state index in [0.717, 1.165) is 11.1 Å². The average molecular weight is 526 g/mol. The summed E-state index contributed by atoms with van der Waals surface area (Å²) in [6.07, 6.45) is 0. The van der Waals surface area contributed by atoms with Gasteiger partial charge in [-0.15, -0.1) is 0 Å². The van der Waals surface area contributed by atoms with Crippen LogP contribution in [0.4, 0.5) is 5.82 Å². The van der Waals surface area contributed by atoms with Gasteiger partial charge >= 0.3 is 5.97 Å². The number of ether oxygens (including phenoxy) is 2. The molecule has 0 aliphatic heterocycles. The van der Waals surface area contributed by atoms with Crippen molar-refractivity contribution in [3.8, 4) is 11.6 Å². The molecule has 194 valence electrons. The first-order valence-corrected chi connectivity index (χ1v) is 11.6. The molecule has 0 atom stereocenters. The summed E-state index contributed by atoms with van der Waals surface area (Å²) in [5.41, 5.74) is 2.40. The summed E-state index contributed by atoms with van der Waals surface area (Å²) in [7, 11) is 6.13. The lowest BCUT2D eigenvalue weighted by molar-refractivity contribution is -0.132. The van der Waals surface area contributed by atoms with Gasteiger partial charge in [-0.25, -0.2) is 9.78 Å². The van der Waals surface area contributed by atoms with Crippen molar-refractivity contribution in [1.82, 2.24) is 9.97 Å². The average Bonchev–Trinajstić information content (AvgIpc) is 2.87. The van der Waals surface area contributed by atoms with E-state index in [1.807, 2.05) is 37.3 Å². The lowest BCUT2D eigenvalue weighted by atomic mass is 10.1. The van der Waals surface area contributed by atoms with Gasteiger partial charge < -0.3 is 24.0 Å². The monoisotopic (exact) mass is 525 g/mol. The fourth-order valence-electron chi connectivity index (χ4n) is 3.29. The number of oxime groups is 2. The number of nitrogens with zero attached hydrogens (tertiary/aromatic N) is 5. The van der Waals surface area contributed by atoms with Crippen LogP contribution in [0.3, 0.4) is 0 Å². The first-order chi connectivity index (χ1) is 17.7. The van der Waals surface area contributed by atoms with E-state index in [0.29, 0.717) is 28.1 Å². The Labute approximate surface area is 220 Å². The van der Waals surface area contributed by atoms with Crippen LogP contribution in [0.1, 0.15) is 29.4 Å². The Morgan fingerprint density at radius 1 is 1.05 bits per heavy atom. The van der Waals surface area contributed by atoms with E-state index in [2.05, 4.69) is 20.3 Å². The molecule has 1 aromatic heterocycles. The number of halogens is 1. The quantitative estimate of drug-likeness (QED) is 0.212. The SMILES string of the molecule is CON=C(C(=O)OC)c1c(Oc2cccc(C(C)=NOCc3cccc(Cl)c3)c2)nc(C)nc1N(C)C. The van der Waals surface area contributed by atoms with Crippen LogP contribution < -0.4 is 9.64 Å². The molecule has 0 bridgehead atoms. The molecule has 0 spiro atoms. The fraction of sp³-hybridized carbons (Fsp3) is 0.269. The lowest BCUT2D eigenvalue weighted by Crippen LogP contribution is -2.24. The molecule has 37 heavy (non-hydrogen) atoms. The van der Waals surface area contributed by atoms with Crippen LogP contribution in [0, 0.1) is 6.92 Å². The lowest BCUT2D eigenvalue weighted by Gasteiger charge is -2.19. The summed E-state index contributed by atoms with van der Waals surface area (Å²) in [5.74, 6) is 0.684. The number of aryl methyl sites for hydroxylation is 1. The summed E-state index contributed by atoms with van der Waals surface area (Å²) < 4.78 is 11.0. The number of anilines is 1. The van der Waals surface area contributed by atoms with Crippen molar-refractivity contribution < 1.29 is 23.9 Å². The summed E-state index contributed by atoms with van der Waals surface area (Å²) in [5, 5.41) is 8.71. The first kappa shape index (κ1) is 27.4. The summed E-state index contributed by atoms with van der Waals surface area (Å²) in [6, 6.07) is 14.6. The van der Waals surface area contributed by atoms with Crippen molar-refractivity contribution in [3.63, 3.8) is 0 Å². The number of hydrogen-bond acceptors (Lipinski definition) is 10. The van der Waals surface area contributed by atoms with Gasteiger partial charge in [-0.3, -0.25) is 0 Å². The van der Waals surface area contributed by atoms with E-state index in [1.54, 1.807) is 44.1 Å². The van der Waals surface area contributed by atoms with Crippen molar-refractivity contribution in [1.29, 1.82) is 0 Å². The number of aromatic nitrogens is 2. The van der Waals surface area contributed by atoms with Crippen molar-refractivity contribution >= 4 is 34.8 Å². The molecule has 0 amide bonds. The molecule has 2 aromatic carbocycles. The molecular formula is C26H28ClN5O5. The Bertz CT molecular complexity index is 1330. The number of rotatable bonds is 10. The Balaban J connectivity index is 1.93. The standard InChI is InChI=1S/C26H28ClN5O5/c1-16(30-36-15-18-9-7-11-20(27)13-18)19-10-8-12-21(14-19)37-25-22(23(31-35-6)26(33)34-5)24(32(3)4)28-17(2)29-25/h7-14H,15H2,1-6H3. The van der Waals surface area contributed by atoms with E-state index in [4.69, 9.17) is 30.7 Å². The van der Waals surface area contributed by atoms with Crippen molar-refractivity contribution in [2.45, 2.75) is 20.5 Å². The van der Waals surface area contributed by atoms with Gasteiger partial charge in [0.1, 0.15) is 36.7 Å². The molecule has 0 radical (unpaired) electrons. The highest BCUT2D eigenvalue weighted by Gasteiger charge is 2.28. The van der Waals surface area contributed by atoms with Crippen molar-refractivity contribution in [2.24, 2.45) is 10.3 Å². The van der Waals surface area contributed by atoms with Gasteiger partial charge in [0.2, 0.25) is 11.6 Å². The third-order valence-corrected chi connectivity index (χ3v) is 5.21. The maximum Gasteiger partial charge on any atom is 0.361 e. The summed E-state index contributed by atoms with van der Waals surface area (Å²) in [6.45, 7) is 3.82. The van der Waals surface area contributed by atoms with E-state index in [9.17, 15) is 4.79 Å². The molecule has 0 aliphatic rings. The molecule has 1 heterocycles. The molecule has 0 unspecified atom stereocenters. The third-order valence-electron chi connectivity index (χ3n) is 4.98. The predicted octanol–water partition coefficient (Wildman–Crippen LogP) is 4.76. The van der Waals surface area contributed by atoms with Crippen LogP contribution in [-0.4, -0.2) is 55.7 Å². The predicted molar refractivity (Wildman–Crippen MR) is 142 cm³/mol. The number of methoxy groups -OCH3 is 1. The zero-order valence-corrected chi connectivity index (χ0v) is 22.2. The van der Waals surface area contributed by atoms with Gasteiger partial charge in [0.15, 0.2) is 0 Å². The van der Waals surface area contributed by atoms with Gasteiger partial charge in [0.25, 0.3) is 0 Å². The summed E-state index contributed by atoms with van der Waals surface area (Å²) in [4.78, 5) is 33.5. The van der Waals surface area contributed by atoms with Crippen LogP contribution in [0.5, 0.6) is 11.6 Å². The normalized spacial score (nSPS) is 11.6. The van der Waals surface area contributed by atoms with Gasteiger partial charge in [-0.05, 0) is 43.7 Å². The van der Waals surface area contributed by atoms with Crippen LogP contribution in [-0.2, 0) is 25.8 Å². The van der Waals surface area contributed by atoms with Gasteiger partial charge in [-0.2, -0.15) is 4.98 Å². The molecule has 0 N–H and O–H groups in total. The van der Waals surface area contributed by atoms with E-state index < -0.39 is 5.97 Å². The molecule has 10 nitrogen and oxygen atoms in total. The Kier molecular flexibility index (Phi) is 9.39. The Morgan fingerprint density at radius 3 is 2.49 bits per heavy atom. The maximum absolute atomic E-state index is 12.5. The molecule has 11 heteroatoms. The number of carbonyl (C=O) groups is 1. The van der Waals surface area contributed by atoms with Crippen molar-refractivity contribution in [3.05, 3.63) is 76.1 Å². The second kappa shape index (κ2) is 12.7. The zero-order chi connectivity index (χ0) is 26.9. The van der Waals surface area contributed by atoms with Gasteiger partial charge in [0.05, 0.1) is 12.8 Å². The smallest absolute Gasteiger partial charge is 0.361 e. The highest BCUT2D eigenvalue weighted by atomic mass is 35.5. The van der Waals surface area contributed by atoms with E-state index in [-0.39, 0.29) is 23.8 Å². The Hall–Kier alpha value is -4.18. The second-order valence-electron chi connectivity index (χ2n) is 7.99. The number of esters is 1. The van der Waals surface area contributed by atoms with Crippen LogP contribution in [0.2, 0.25) is 5.02 Å². The maximum atomic E-state index is 12.5. The summed E-state index contributed by atoms with van der Waals surface area (Å²) >= 11 is 6.02. The molecule has 3 aromatic rings. The molecule has 3 rings (SSSR count). The van der Waals surface area contributed by atoms with E-state index >= 15 is 0 Å². The molecular weight excluding hydrogens is 498 g/mol. The van der Waals surface area contributed by atoms with Gasteiger partial charge in [-0.1, -0.05) is 46.2 Å². The number of hydrogen-bond donors (Lipinski definition) is 0. The largest absolute Gasteiger partial charge is 0.464 e. The topological polar surface area (TPSA) is 108 Å². The molecule has 0 aliphatic carbocycles. The zero-order valence-electron chi connectivity index (χ0n) is 21.5. The van der Waals surface area contributed by atoms with Crippen LogP contribution in [0.15, 0.2) is 58.8 Å². The van der Waals surface area contributed by atoms with Gasteiger partial charge in [0, 0.05) is 24.7 Å². The highest BCUT2D eigenvalue weighted by molar-refractivity contribution is 6.44. The minimum absolute atomic E-state index is 0.112. The van der Waals surface area contributed by atoms with E-state index in [1.165, 1.54) is 14.2 Å². The van der Waals surface area contributed by atoms with Crippen molar-refractivity contribution in [2.75, 3.05) is 33.2 Å². The number of carbonyl (C=O) groups excluding carboxylic acids is 1. The number of benzene rings is 2. The third kappa shape index (κ3) is 7.17. The van der Waals surface area contributed by atoms with Crippen LogP contribution in [0.25, 0.3) is 0 Å². The molecule has 0 saturated carbocycles. The second-order valence-corrected chi connectivity index (χ2v) is 8.43. The highest BCUT2D eigenvalue weighted by Crippen LogP contribution is 2.31. The molecule has 0 fully saturated rings.